The number of amides is 2. The summed E-state index contributed by atoms with van der Waals surface area (Å²) >= 11 is 0. The first-order chi connectivity index (χ1) is 17.2. The van der Waals surface area contributed by atoms with E-state index in [9.17, 15) is 14.0 Å². The lowest BCUT2D eigenvalue weighted by Crippen LogP contribution is -2.40. The molecule has 2 amide bonds. The maximum Gasteiger partial charge on any atom is 0.227 e. The van der Waals surface area contributed by atoms with Gasteiger partial charge in [0.2, 0.25) is 11.8 Å². The minimum Gasteiger partial charge on any atom is -0.338 e. The van der Waals surface area contributed by atoms with E-state index in [1.807, 2.05) is 9.80 Å². The van der Waals surface area contributed by atoms with Crippen molar-refractivity contribution in [2.75, 3.05) is 37.6 Å². The molecule has 3 rings (SSSR count). The summed E-state index contributed by atoms with van der Waals surface area (Å²) in [6.45, 7) is 13.0. The summed E-state index contributed by atoms with van der Waals surface area (Å²) in [6, 6.07) is 4.71. The SMILES string of the molecule is CC(C)CC(=O)N1CCCN(CC(C)C)CCCN(C(=O)CCC2CCCC2)Cc2cc(F)ccc21. The van der Waals surface area contributed by atoms with E-state index in [4.69, 9.17) is 0 Å². The summed E-state index contributed by atoms with van der Waals surface area (Å²) < 4.78 is 14.4. The van der Waals surface area contributed by atoms with Crippen molar-refractivity contribution in [3.05, 3.63) is 29.6 Å². The molecular formula is C30H48FN3O2. The molecular weight excluding hydrogens is 453 g/mol. The second kappa shape index (κ2) is 14.1. The van der Waals surface area contributed by atoms with Gasteiger partial charge in [-0.15, -0.1) is 0 Å². The van der Waals surface area contributed by atoms with Gasteiger partial charge in [-0.25, -0.2) is 4.39 Å². The molecule has 36 heavy (non-hydrogen) atoms. The number of carbonyl (C=O) groups is 2. The Labute approximate surface area is 218 Å². The van der Waals surface area contributed by atoms with Gasteiger partial charge in [0.1, 0.15) is 5.82 Å². The monoisotopic (exact) mass is 501 g/mol. The van der Waals surface area contributed by atoms with E-state index in [-0.39, 0.29) is 23.5 Å². The Kier molecular flexibility index (Phi) is 11.2. The quantitative estimate of drug-likeness (QED) is 0.443. The largest absolute Gasteiger partial charge is 0.338 e. The summed E-state index contributed by atoms with van der Waals surface area (Å²) in [5, 5.41) is 0. The van der Waals surface area contributed by atoms with Crippen LogP contribution in [0.3, 0.4) is 0 Å². The minimum absolute atomic E-state index is 0.0736. The third-order valence-electron chi connectivity index (χ3n) is 7.55. The van der Waals surface area contributed by atoms with E-state index in [0.29, 0.717) is 44.3 Å². The highest BCUT2D eigenvalue weighted by Gasteiger charge is 2.25. The van der Waals surface area contributed by atoms with Crippen LogP contribution in [-0.4, -0.2) is 54.3 Å². The molecule has 1 heterocycles. The summed E-state index contributed by atoms with van der Waals surface area (Å²) in [4.78, 5) is 33.0. The lowest BCUT2D eigenvalue weighted by atomic mass is 10.0. The number of nitrogens with zero attached hydrogens (tertiary/aromatic N) is 3. The topological polar surface area (TPSA) is 43.9 Å². The van der Waals surface area contributed by atoms with Crippen LogP contribution in [0.1, 0.15) is 91.0 Å². The first-order valence-electron chi connectivity index (χ1n) is 14.3. The van der Waals surface area contributed by atoms with Gasteiger partial charge in [0.15, 0.2) is 0 Å². The van der Waals surface area contributed by atoms with Crippen molar-refractivity contribution in [2.45, 2.75) is 92.0 Å². The molecule has 0 unspecified atom stereocenters. The molecule has 0 N–H and O–H groups in total. The van der Waals surface area contributed by atoms with Gasteiger partial charge < -0.3 is 14.7 Å². The zero-order chi connectivity index (χ0) is 26.1. The van der Waals surface area contributed by atoms with Crippen LogP contribution in [0.15, 0.2) is 18.2 Å². The molecule has 0 bridgehead atoms. The Morgan fingerprint density at radius 1 is 0.917 bits per heavy atom. The van der Waals surface area contributed by atoms with Crippen molar-refractivity contribution >= 4 is 17.5 Å². The van der Waals surface area contributed by atoms with Gasteiger partial charge in [0.25, 0.3) is 0 Å². The van der Waals surface area contributed by atoms with Crippen LogP contribution in [0, 0.1) is 23.6 Å². The van der Waals surface area contributed by atoms with Gasteiger partial charge in [-0.05, 0) is 73.9 Å². The highest BCUT2D eigenvalue weighted by atomic mass is 19.1. The average Bonchev–Trinajstić information content (AvgIpc) is 3.32. The van der Waals surface area contributed by atoms with Crippen molar-refractivity contribution in [1.29, 1.82) is 0 Å². The average molecular weight is 502 g/mol. The van der Waals surface area contributed by atoms with Gasteiger partial charge in [0.05, 0.1) is 0 Å². The highest BCUT2D eigenvalue weighted by molar-refractivity contribution is 5.94. The van der Waals surface area contributed by atoms with Crippen molar-refractivity contribution < 1.29 is 14.0 Å². The molecule has 202 valence electrons. The molecule has 0 radical (unpaired) electrons. The minimum atomic E-state index is -0.321. The summed E-state index contributed by atoms with van der Waals surface area (Å²) in [6.07, 6.45) is 8.76. The number of hydrogen-bond acceptors (Lipinski definition) is 3. The predicted molar refractivity (Wildman–Crippen MR) is 145 cm³/mol. The Balaban J connectivity index is 1.87. The van der Waals surface area contributed by atoms with E-state index >= 15 is 0 Å². The first-order valence-corrected chi connectivity index (χ1v) is 14.3. The molecule has 0 saturated heterocycles. The van der Waals surface area contributed by atoms with Gasteiger partial charge >= 0.3 is 0 Å². The second-order valence-electron chi connectivity index (χ2n) is 11.8. The number of benzene rings is 1. The number of rotatable bonds is 7. The van der Waals surface area contributed by atoms with Gasteiger partial charge in [-0.1, -0.05) is 53.4 Å². The number of hydrogen-bond donors (Lipinski definition) is 0. The van der Waals surface area contributed by atoms with E-state index < -0.39 is 0 Å². The highest BCUT2D eigenvalue weighted by Crippen LogP contribution is 2.30. The van der Waals surface area contributed by atoms with Crippen LogP contribution in [0.5, 0.6) is 0 Å². The Hall–Kier alpha value is -1.95. The molecule has 1 aliphatic heterocycles. The molecule has 2 aliphatic rings. The van der Waals surface area contributed by atoms with Crippen molar-refractivity contribution in [3.63, 3.8) is 0 Å². The standard InChI is InChI=1S/C30H48FN3O2/c1-23(2)19-30(36)34-18-8-16-32(21-24(3)4)15-7-17-33(22-26-20-27(31)12-13-28(26)34)29(35)14-11-25-9-5-6-10-25/h12-13,20,23-25H,5-11,14-19,21-22H2,1-4H3. The third kappa shape index (κ3) is 8.86. The Bertz CT molecular complexity index is 851. The molecule has 1 aliphatic carbocycles. The van der Waals surface area contributed by atoms with E-state index in [1.165, 1.54) is 37.8 Å². The Morgan fingerprint density at radius 3 is 2.28 bits per heavy atom. The maximum absolute atomic E-state index is 14.4. The van der Waals surface area contributed by atoms with Gasteiger partial charge in [-0.2, -0.15) is 0 Å². The van der Waals surface area contributed by atoms with E-state index in [0.717, 1.165) is 50.1 Å². The molecule has 5 nitrogen and oxygen atoms in total. The summed E-state index contributed by atoms with van der Waals surface area (Å²) in [5.74, 6) is 1.38. The van der Waals surface area contributed by atoms with Crippen molar-refractivity contribution in [2.24, 2.45) is 17.8 Å². The van der Waals surface area contributed by atoms with Crippen LogP contribution in [0.4, 0.5) is 10.1 Å². The first kappa shape index (κ1) is 28.6. The van der Waals surface area contributed by atoms with Crippen LogP contribution in [-0.2, 0) is 16.1 Å². The predicted octanol–water partition coefficient (Wildman–Crippen LogP) is 6.26. The lowest BCUT2D eigenvalue weighted by molar-refractivity contribution is -0.132. The summed E-state index contributed by atoms with van der Waals surface area (Å²) in [7, 11) is 0. The normalized spacial score (nSPS) is 18.9. The van der Waals surface area contributed by atoms with Crippen LogP contribution in [0.25, 0.3) is 0 Å². The fraction of sp³-hybridized carbons (Fsp3) is 0.733. The zero-order valence-corrected chi connectivity index (χ0v) is 23.1. The van der Waals surface area contributed by atoms with Crippen LogP contribution < -0.4 is 4.90 Å². The second-order valence-corrected chi connectivity index (χ2v) is 11.8. The fourth-order valence-electron chi connectivity index (χ4n) is 5.81. The molecule has 1 fully saturated rings. The maximum atomic E-state index is 14.4. The van der Waals surface area contributed by atoms with Crippen LogP contribution >= 0.6 is 0 Å². The molecule has 0 spiro atoms. The molecule has 1 saturated carbocycles. The van der Waals surface area contributed by atoms with Gasteiger partial charge in [0, 0.05) is 44.7 Å². The van der Waals surface area contributed by atoms with Crippen LogP contribution in [0.2, 0.25) is 0 Å². The molecule has 1 aromatic rings. The molecule has 0 aromatic heterocycles. The van der Waals surface area contributed by atoms with E-state index in [1.54, 1.807) is 6.07 Å². The molecule has 1 aromatic carbocycles. The number of fused-ring (bicyclic) bond motifs is 1. The van der Waals surface area contributed by atoms with E-state index in [2.05, 4.69) is 32.6 Å². The molecule has 0 atom stereocenters. The fourth-order valence-corrected chi connectivity index (χ4v) is 5.81. The number of halogens is 1. The lowest BCUT2D eigenvalue weighted by Gasteiger charge is -2.32. The smallest absolute Gasteiger partial charge is 0.227 e. The zero-order valence-electron chi connectivity index (χ0n) is 23.1. The Morgan fingerprint density at radius 2 is 1.61 bits per heavy atom. The summed E-state index contributed by atoms with van der Waals surface area (Å²) in [5.41, 5.74) is 1.49. The molecule has 6 heteroatoms. The number of carbonyl (C=O) groups excluding carboxylic acids is 2. The van der Waals surface area contributed by atoms with Crippen molar-refractivity contribution in [3.8, 4) is 0 Å². The van der Waals surface area contributed by atoms with Crippen molar-refractivity contribution in [1.82, 2.24) is 9.80 Å². The number of anilines is 1. The third-order valence-corrected chi connectivity index (χ3v) is 7.55. The van der Waals surface area contributed by atoms with Gasteiger partial charge in [-0.3, -0.25) is 9.59 Å².